The van der Waals surface area contributed by atoms with E-state index in [1.54, 1.807) is 7.11 Å². The molecular formula is C18H30N2O. The maximum absolute atomic E-state index is 6.22. The Bertz CT molecular complexity index is 478. The molecule has 1 aromatic rings. The highest BCUT2D eigenvalue weighted by atomic mass is 16.5. The molecule has 0 radical (unpaired) electrons. The Morgan fingerprint density at radius 2 is 1.62 bits per heavy atom. The Morgan fingerprint density at radius 1 is 1.05 bits per heavy atom. The lowest BCUT2D eigenvalue weighted by atomic mass is 9.58. The quantitative estimate of drug-likeness (QED) is 0.879. The number of ether oxygens (including phenoxy) is 1. The highest BCUT2D eigenvalue weighted by Crippen LogP contribution is 2.51. The molecule has 0 unspecified atom stereocenters. The number of hydrogen-bond acceptors (Lipinski definition) is 3. The van der Waals surface area contributed by atoms with E-state index in [2.05, 4.69) is 39.1 Å². The van der Waals surface area contributed by atoms with Crippen molar-refractivity contribution in [2.75, 3.05) is 19.0 Å². The molecule has 0 aromatic heterocycles. The number of benzene rings is 1. The number of nitrogens with one attached hydrogen (secondary N) is 1. The molecule has 2 rings (SSSR count). The van der Waals surface area contributed by atoms with Gasteiger partial charge in [-0.1, -0.05) is 39.8 Å². The van der Waals surface area contributed by atoms with Gasteiger partial charge in [0.25, 0.3) is 0 Å². The summed E-state index contributed by atoms with van der Waals surface area (Å²) in [6.07, 6.45) is 3.39. The second-order valence-corrected chi connectivity index (χ2v) is 8.17. The van der Waals surface area contributed by atoms with Gasteiger partial charge in [0.15, 0.2) is 0 Å². The van der Waals surface area contributed by atoms with Crippen molar-refractivity contribution < 1.29 is 4.74 Å². The van der Waals surface area contributed by atoms with Crippen LogP contribution in [0, 0.1) is 10.8 Å². The van der Waals surface area contributed by atoms with Gasteiger partial charge in [-0.2, -0.15) is 0 Å². The molecule has 1 aliphatic carbocycles. The largest absolute Gasteiger partial charge is 0.495 e. The maximum Gasteiger partial charge on any atom is 0.141 e. The minimum atomic E-state index is -0.0696. The lowest BCUT2D eigenvalue weighted by Gasteiger charge is -2.52. The van der Waals surface area contributed by atoms with Crippen LogP contribution in [0.2, 0.25) is 0 Å². The fourth-order valence-corrected chi connectivity index (χ4v) is 4.63. The summed E-state index contributed by atoms with van der Waals surface area (Å²) in [7, 11) is 1.71. The average Bonchev–Trinajstić information content (AvgIpc) is 2.35. The van der Waals surface area contributed by atoms with Crippen LogP contribution in [0.5, 0.6) is 5.75 Å². The van der Waals surface area contributed by atoms with Gasteiger partial charge < -0.3 is 15.8 Å². The van der Waals surface area contributed by atoms with Crippen molar-refractivity contribution in [2.45, 2.75) is 52.5 Å². The zero-order chi connectivity index (χ0) is 15.7. The molecule has 0 aliphatic heterocycles. The van der Waals surface area contributed by atoms with Gasteiger partial charge >= 0.3 is 0 Å². The van der Waals surface area contributed by atoms with E-state index in [1.165, 1.54) is 6.42 Å². The molecule has 3 nitrogen and oxygen atoms in total. The fraction of sp³-hybridized carbons (Fsp3) is 0.667. The summed E-state index contributed by atoms with van der Waals surface area (Å²) in [5.41, 5.74) is 7.76. The number of hydrogen-bond donors (Lipinski definition) is 2. The monoisotopic (exact) mass is 290 g/mol. The van der Waals surface area contributed by atoms with Gasteiger partial charge in [0.05, 0.1) is 18.3 Å². The summed E-state index contributed by atoms with van der Waals surface area (Å²) in [4.78, 5) is 0. The fourth-order valence-electron chi connectivity index (χ4n) is 4.63. The van der Waals surface area contributed by atoms with Gasteiger partial charge in [0.2, 0.25) is 0 Å². The SMILES string of the molecule is COc1ccccc1NC1(CN)CC(C)(C)CC(C)(C)C1. The topological polar surface area (TPSA) is 47.3 Å². The Labute approximate surface area is 129 Å². The number of anilines is 1. The van der Waals surface area contributed by atoms with Crippen LogP contribution in [0.15, 0.2) is 24.3 Å². The van der Waals surface area contributed by atoms with Gasteiger partial charge in [-0.15, -0.1) is 0 Å². The van der Waals surface area contributed by atoms with Crippen LogP contribution in [0.3, 0.4) is 0 Å². The summed E-state index contributed by atoms with van der Waals surface area (Å²) in [5, 5.41) is 3.72. The molecule has 21 heavy (non-hydrogen) atoms. The van der Waals surface area contributed by atoms with Crippen molar-refractivity contribution in [3.8, 4) is 5.75 Å². The summed E-state index contributed by atoms with van der Waals surface area (Å²) in [6, 6.07) is 8.10. The molecule has 0 bridgehead atoms. The molecular weight excluding hydrogens is 260 g/mol. The summed E-state index contributed by atoms with van der Waals surface area (Å²) in [5.74, 6) is 0.881. The number of methoxy groups -OCH3 is 1. The van der Waals surface area contributed by atoms with Gasteiger partial charge in [-0.05, 0) is 42.2 Å². The van der Waals surface area contributed by atoms with Crippen molar-refractivity contribution in [3.05, 3.63) is 24.3 Å². The van der Waals surface area contributed by atoms with E-state index < -0.39 is 0 Å². The molecule has 0 amide bonds. The van der Waals surface area contributed by atoms with Gasteiger partial charge in [-0.3, -0.25) is 0 Å². The standard InChI is InChI=1S/C18H30N2O/c1-16(2)10-17(3,4)12-18(11-16,13-19)20-14-8-6-7-9-15(14)21-5/h6-9,20H,10-13,19H2,1-5H3. The third kappa shape index (κ3) is 3.70. The maximum atomic E-state index is 6.22. The van der Waals surface area contributed by atoms with Crippen LogP contribution in [0.4, 0.5) is 5.69 Å². The van der Waals surface area contributed by atoms with E-state index in [4.69, 9.17) is 10.5 Å². The second kappa shape index (κ2) is 5.53. The van der Waals surface area contributed by atoms with Crippen molar-refractivity contribution >= 4 is 5.69 Å². The number of rotatable bonds is 4. The molecule has 3 N–H and O–H groups in total. The van der Waals surface area contributed by atoms with Crippen LogP contribution in [-0.4, -0.2) is 19.2 Å². The zero-order valence-corrected chi connectivity index (χ0v) is 14.1. The first-order chi connectivity index (χ1) is 9.71. The third-order valence-corrected chi connectivity index (χ3v) is 4.49. The minimum absolute atomic E-state index is 0.0696. The van der Waals surface area contributed by atoms with E-state index in [9.17, 15) is 0 Å². The summed E-state index contributed by atoms with van der Waals surface area (Å²) in [6.45, 7) is 10.0. The van der Waals surface area contributed by atoms with Crippen molar-refractivity contribution in [3.63, 3.8) is 0 Å². The van der Waals surface area contributed by atoms with Gasteiger partial charge in [0, 0.05) is 6.54 Å². The molecule has 1 fully saturated rings. The van der Waals surface area contributed by atoms with Crippen LogP contribution < -0.4 is 15.8 Å². The van der Waals surface area contributed by atoms with Crippen LogP contribution in [-0.2, 0) is 0 Å². The minimum Gasteiger partial charge on any atom is -0.495 e. The van der Waals surface area contributed by atoms with Crippen molar-refractivity contribution in [1.29, 1.82) is 0 Å². The Hall–Kier alpha value is -1.22. The first kappa shape index (κ1) is 16.2. The van der Waals surface area contributed by atoms with E-state index in [1.807, 2.05) is 18.2 Å². The number of nitrogens with two attached hydrogens (primary N) is 1. The van der Waals surface area contributed by atoms with E-state index >= 15 is 0 Å². The molecule has 0 saturated heterocycles. The average molecular weight is 290 g/mol. The third-order valence-electron chi connectivity index (χ3n) is 4.49. The molecule has 3 heteroatoms. The number of para-hydroxylation sites is 2. The molecule has 1 aliphatic rings. The summed E-state index contributed by atoms with van der Waals surface area (Å²) >= 11 is 0. The second-order valence-electron chi connectivity index (χ2n) is 8.17. The van der Waals surface area contributed by atoms with Crippen LogP contribution >= 0.6 is 0 Å². The summed E-state index contributed by atoms with van der Waals surface area (Å²) < 4.78 is 5.48. The molecule has 0 heterocycles. The smallest absolute Gasteiger partial charge is 0.141 e. The molecule has 1 aromatic carbocycles. The van der Waals surface area contributed by atoms with Crippen molar-refractivity contribution in [2.24, 2.45) is 16.6 Å². The van der Waals surface area contributed by atoms with E-state index in [0.717, 1.165) is 24.3 Å². The first-order valence-electron chi connectivity index (χ1n) is 7.82. The lowest BCUT2D eigenvalue weighted by Crippen LogP contribution is -2.55. The molecule has 1 saturated carbocycles. The van der Waals surface area contributed by atoms with Crippen molar-refractivity contribution in [1.82, 2.24) is 0 Å². The highest BCUT2D eigenvalue weighted by molar-refractivity contribution is 5.58. The van der Waals surface area contributed by atoms with E-state index in [-0.39, 0.29) is 16.4 Å². The Kier molecular flexibility index (Phi) is 4.25. The normalized spacial score (nSPS) is 22.6. The lowest BCUT2D eigenvalue weighted by molar-refractivity contribution is 0.0621. The van der Waals surface area contributed by atoms with Gasteiger partial charge in [0.1, 0.15) is 5.75 Å². The van der Waals surface area contributed by atoms with Crippen LogP contribution in [0.25, 0.3) is 0 Å². The molecule has 0 atom stereocenters. The van der Waals surface area contributed by atoms with Crippen LogP contribution in [0.1, 0.15) is 47.0 Å². The van der Waals surface area contributed by atoms with Gasteiger partial charge in [-0.25, -0.2) is 0 Å². The van der Waals surface area contributed by atoms with E-state index in [0.29, 0.717) is 6.54 Å². The first-order valence-corrected chi connectivity index (χ1v) is 7.82. The zero-order valence-electron chi connectivity index (χ0n) is 14.1. The Balaban J connectivity index is 2.33. The molecule has 0 spiro atoms. The highest BCUT2D eigenvalue weighted by Gasteiger charge is 2.46. The molecule has 118 valence electrons. The Morgan fingerprint density at radius 3 is 2.14 bits per heavy atom. The predicted molar refractivity (Wildman–Crippen MR) is 89.8 cm³/mol. The predicted octanol–water partition coefficient (Wildman–Crippen LogP) is 4.04.